The minimum atomic E-state index is -0.806. The second kappa shape index (κ2) is 6.86. The molecule has 0 aliphatic carbocycles. The highest BCUT2D eigenvalue weighted by molar-refractivity contribution is 9.10. The zero-order valence-corrected chi connectivity index (χ0v) is 14.6. The lowest BCUT2D eigenvalue weighted by Gasteiger charge is -2.26. The third kappa shape index (κ3) is 3.29. The minimum Gasteiger partial charge on any atom is -0.496 e. The van der Waals surface area contributed by atoms with Crippen LogP contribution in [0.5, 0.6) is 5.75 Å². The molecule has 7 nitrogen and oxygen atoms in total. The summed E-state index contributed by atoms with van der Waals surface area (Å²) in [6.07, 6.45) is 4.29. The number of benzene rings is 1. The van der Waals surface area contributed by atoms with E-state index in [2.05, 4.69) is 26.2 Å². The van der Waals surface area contributed by atoms with E-state index in [-0.39, 0.29) is 5.57 Å². The molecule has 8 heteroatoms. The van der Waals surface area contributed by atoms with Crippen molar-refractivity contribution in [2.24, 2.45) is 0 Å². The van der Waals surface area contributed by atoms with Crippen molar-refractivity contribution >= 4 is 45.5 Å². The summed E-state index contributed by atoms with van der Waals surface area (Å²) in [5.41, 5.74) is 0.671. The molecule has 1 saturated heterocycles. The first-order chi connectivity index (χ1) is 12.0. The fourth-order valence-corrected chi connectivity index (χ4v) is 2.74. The first kappa shape index (κ1) is 16.8. The van der Waals surface area contributed by atoms with Crippen LogP contribution >= 0.6 is 15.9 Å². The summed E-state index contributed by atoms with van der Waals surface area (Å²) in [4.78, 5) is 41.7. The van der Waals surface area contributed by atoms with Crippen LogP contribution in [0.3, 0.4) is 0 Å². The van der Waals surface area contributed by atoms with Gasteiger partial charge < -0.3 is 4.74 Å². The second-order valence-electron chi connectivity index (χ2n) is 5.05. The molecule has 1 aromatic heterocycles. The molecule has 126 valence electrons. The predicted molar refractivity (Wildman–Crippen MR) is 93.9 cm³/mol. The summed E-state index contributed by atoms with van der Waals surface area (Å²) in [6.45, 7) is 0. The molecule has 0 saturated carbocycles. The molecule has 1 N–H and O–H groups in total. The number of hydrogen-bond acceptors (Lipinski definition) is 5. The van der Waals surface area contributed by atoms with Gasteiger partial charge in [-0.15, -0.1) is 0 Å². The summed E-state index contributed by atoms with van der Waals surface area (Å²) in [5.74, 6) is -0.993. The average molecular weight is 402 g/mol. The van der Waals surface area contributed by atoms with Crippen molar-refractivity contribution in [2.45, 2.75) is 0 Å². The molecule has 25 heavy (non-hydrogen) atoms. The van der Waals surface area contributed by atoms with E-state index in [1.54, 1.807) is 18.2 Å². The van der Waals surface area contributed by atoms with Gasteiger partial charge in [0.15, 0.2) is 0 Å². The van der Waals surface area contributed by atoms with Gasteiger partial charge in [0.2, 0.25) is 0 Å². The highest BCUT2D eigenvalue weighted by Gasteiger charge is 2.36. The van der Waals surface area contributed by atoms with Crippen molar-refractivity contribution in [1.29, 1.82) is 0 Å². The van der Waals surface area contributed by atoms with Gasteiger partial charge in [0.05, 0.1) is 12.8 Å². The Kier molecular flexibility index (Phi) is 4.62. The molecule has 1 fully saturated rings. The number of carbonyl (C=O) groups is 3. The van der Waals surface area contributed by atoms with Gasteiger partial charge in [-0.2, -0.15) is 0 Å². The fraction of sp³-hybridized carbons (Fsp3) is 0.0588. The quantitative estimate of drug-likeness (QED) is 0.630. The van der Waals surface area contributed by atoms with E-state index >= 15 is 0 Å². The molecule has 0 unspecified atom stereocenters. The van der Waals surface area contributed by atoms with Crippen LogP contribution in [0.25, 0.3) is 6.08 Å². The maximum atomic E-state index is 12.7. The monoisotopic (exact) mass is 401 g/mol. The molecule has 1 aliphatic heterocycles. The van der Waals surface area contributed by atoms with Crippen molar-refractivity contribution in [3.8, 4) is 5.75 Å². The highest BCUT2D eigenvalue weighted by atomic mass is 79.9. The molecule has 0 radical (unpaired) electrons. The van der Waals surface area contributed by atoms with Crippen LogP contribution in [-0.4, -0.2) is 29.9 Å². The minimum absolute atomic E-state index is 0.173. The second-order valence-corrected chi connectivity index (χ2v) is 5.97. The third-order valence-corrected chi connectivity index (χ3v) is 4.01. The average Bonchev–Trinajstić information content (AvgIpc) is 2.59. The maximum Gasteiger partial charge on any atom is 0.335 e. The van der Waals surface area contributed by atoms with Crippen LogP contribution < -0.4 is 15.0 Å². The number of rotatable bonds is 3. The van der Waals surface area contributed by atoms with Crippen LogP contribution in [0, 0.1) is 0 Å². The summed E-state index contributed by atoms with van der Waals surface area (Å²) >= 11 is 3.34. The summed E-state index contributed by atoms with van der Waals surface area (Å²) in [5, 5.41) is 2.17. The van der Waals surface area contributed by atoms with E-state index in [9.17, 15) is 14.4 Å². The van der Waals surface area contributed by atoms with Crippen molar-refractivity contribution in [3.05, 3.63) is 58.3 Å². The van der Waals surface area contributed by atoms with Gasteiger partial charge in [-0.05, 0) is 36.4 Å². The van der Waals surface area contributed by atoms with E-state index in [4.69, 9.17) is 4.74 Å². The van der Waals surface area contributed by atoms with Crippen molar-refractivity contribution < 1.29 is 19.1 Å². The summed E-state index contributed by atoms with van der Waals surface area (Å²) in [7, 11) is 1.49. The molecular formula is C17H12BrN3O4. The Balaban J connectivity index is 2.07. The zero-order chi connectivity index (χ0) is 18.0. The van der Waals surface area contributed by atoms with Crippen LogP contribution in [0.15, 0.2) is 52.8 Å². The lowest BCUT2D eigenvalue weighted by atomic mass is 10.1. The van der Waals surface area contributed by atoms with E-state index in [0.29, 0.717) is 17.0 Å². The van der Waals surface area contributed by atoms with Gasteiger partial charge in [0.1, 0.15) is 11.3 Å². The number of aromatic nitrogens is 1. The summed E-state index contributed by atoms with van der Waals surface area (Å²) in [6, 6.07) is 7.39. The number of amides is 4. The normalized spacial score (nSPS) is 16.2. The number of anilines is 1. The van der Waals surface area contributed by atoms with Gasteiger partial charge in [-0.25, -0.2) is 9.69 Å². The number of hydrogen-bond donors (Lipinski definition) is 1. The van der Waals surface area contributed by atoms with Gasteiger partial charge in [-0.3, -0.25) is 19.9 Å². The molecule has 2 heterocycles. The number of nitrogens with one attached hydrogen (secondary N) is 1. The molecular weight excluding hydrogens is 390 g/mol. The molecule has 1 aromatic carbocycles. The Labute approximate surface area is 151 Å². The smallest absolute Gasteiger partial charge is 0.335 e. The van der Waals surface area contributed by atoms with Crippen LogP contribution in [0.2, 0.25) is 0 Å². The van der Waals surface area contributed by atoms with Crippen LogP contribution in [0.4, 0.5) is 10.5 Å². The Hall–Kier alpha value is -3.00. The number of urea groups is 1. The van der Waals surface area contributed by atoms with Gasteiger partial charge in [0.25, 0.3) is 11.8 Å². The largest absolute Gasteiger partial charge is 0.496 e. The lowest BCUT2D eigenvalue weighted by molar-refractivity contribution is -0.122. The summed E-state index contributed by atoms with van der Waals surface area (Å²) < 4.78 is 6.00. The number of methoxy groups -OCH3 is 1. The predicted octanol–water partition coefficient (Wildman–Crippen LogP) is 2.52. The number of imide groups is 2. The van der Waals surface area contributed by atoms with Crippen molar-refractivity contribution in [3.63, 3.8) is 0 Å². The van der Waals surface area contributed by atoms with Crippen LogP contribution in [0.1, 0.15) is 5.56 Å². The number of carbonyl (C=O) groups excluding carboxylic acids is 3. The number of ether oxygens (including phenoxy) is 1. The van der Waals surface area contributed by atoms with Gasteiger partial charge >= 0.3 is 6.03 Å². The first-order valence-corrected chi connectivity index (χ1v) is 7.95. The molecule has 0 spiro atoms. The standard InChI is InChI=1S/C17H12BrN3O4/c1-25-14-3-2-11(18)8-10(14)9-13-15(22)20-17(24)21(16(13)23)12-4-6-19-7-5-12/h2-9H,1H3,(H,20,22,24)/b13-9+. The van der Waals surface area contributed by atoms with Crippen LogP contribution in [-0.2, 0) is 9.59 Å². The molecule has 1 aliphatic rings. The SMILES string of the molecule is COc1ccc(Br)cc1/C=C1\C(=O)NC(=O)N(c2ccncc2)C1=O. The number of barbiturate groups is 1. The fourth-order valence-electron chi connectivity index (χ4n) is 2.36. The number of nitrogens with zero attached hydrogens (tertiary/aromatic N) is 2. The van der Waals surface area contributed by atoms with Crippen molar-refractivity contribution in [2.75, 3.05) is 12.0 Å². The molecule has 0 bridgehead atoms. The topological polar surface area (TPSA) is 88.6 Å². The van der Waals surface area contributed by atoms with E-state index < -0.39 is 17.8 Å². The molecule has 4 amide bonds. The first-order valence-electron chi connectivity index (χ1n) is 7.16. The van der Waals surface area contributed by atoms with E-state index in [1.807, 2.05) is 0 Å². The molecule has 3 rings (SSSR count). The van der Waals surface area contributed by atoms with E-state index in [0.717, 1.165) is 9.37 Å². The van der Waals surface area contributed by atoms with Gasteiger partial charge in [-0.1, -0.05) is 15.9 Å². The number of pyridine rings is 1. The molecule has 0 atom stereocenters. The maximum absolute atomic E-state index is 12.7. The Bertz CT molecular complexity index is 896. The highest BCUT2D eigenvalue weighted by Crippen LogP contribution is 2.27. The van der Waals surface area contributed by atoms with E-state index in [1.165, 1.54) is 37.7 Å². The lowest BCUT2D eigenvalue weighted by Crippen LogP contribution is -2.54. The Morgan fingerprint density at radius 2 is 1.88 bits per heavy atom. The molecule has 2 aromatic rings. The zero-order valence-electron chi connectivity index (χ0n) is 13.0. The van der Waals surface area contributed by atoms with Crippen molar-refractivity contribution in [1.82, 2.24) is 10.3 Å². The number of halogens is 1. The Morgan fingerprint density at radius 3 is 2.56 bits per heavy atom. The van der Waals surface area contributed by atoms with Gasteiger partial charge in [0, 0.05) is 22.4 Å². The third-order valence-electron chi connectivity index (χ3n) is 3.51. The Morgan fingerprint density at radius 1 is 1.16 bits per heavy atom.